The average molecular weight is 291 g/mol. The molecule has 1 amide bonds. The van der Waals surface area contributed by atoms with E-state index in [4.69, 9.17) is 4.74 Å². The van der Waals surface area contributed by atoms with Gasteiger partial charge in [-0.25, -0.2) is 4.98 Å². The number of amides is 1. The summed E-state index contributed by atoms with van der Waals surface area (Å²) in [6, 6.07) is 13.6. The first-order valence-corrected chi connectivity index (χ1v) is 7.30. The Morgan fingerprint density at radius 2 is 2.00 bits per heavy atom. The highest BCUT2D eigenvalue weighted by molar-refractivity contribution is 6.01. The van der Waals surface area contributed by atoms with Crippen LogP contribution in [0.1, 0.15) is 21.5 Å². The quantitative estimate of drug-likeness (QED) is 0.748. The number of rotatable bonds is 1. The predicted octanol–water partition coefficient (Wildman–Crippen LogP) is 2.25. The van der Waals surface area contributed by atoms with Crippen LogP contribution in [0.5, 0.6) is 0 Å². The molecule has 2 aliphatic heterocycles. The van der Waals surface area contributed by atoms with Crippen LogP contribution in [0.25, 0.3) is 11.0 Å². The molecule has 22 heavy (non-hydrogen) atoms. The van der Waals surface area contributed by atoms with Crippen LogP contribution in [0.15, 0.2) is 48.8 Å². The fourth-order valence-corrected chi connectivity index (χ4v) is 3.71. The number of fused-ring (bicyclic) bond motifs is 4. The van der Waals surface area contributed by atoms with E-state index in [0.717, 1.165) is 27.7 Å². The van der Waals surface area contributed by atoms with Gasteiger partial charge < -0.3 is 9.72 Å². The molecule has 1 unspecified atom stereocenters. The molecular formula is C17H13N3O2. The van der Waals surface area contributed by atoms with E-state index in [1.165, 1.54) is 0 Å². The van der Waals surface area contributed by atoms with Crippen molar-refractivity contribution in [3.63, 3.8) is 0 Å². The van der Waals surface area contributed by atoms with E-state index < -0.39 is 5.72 Å². The highest BCUT2D eigenvalue weighted by Crippen LogP contribution is 2.49. The second-order valence-electron chi connectivity index (χ2n) is 5.60. The lowest BCUT2D eigenvalue weighted by atomic mass is 9.93. The van der Waals surface area contributed by atoms with Crippen molar-refractivity contribution >= 4 is 16.9 Å². The van der Waals surface area contributed by atoms with Gasteiger partial charge in [-0.3, -0.25) is 9.69 Å². The third-order valence-electron chi connectivity index (χ3n) is 4.59. The van der Waals surface area contributed by atoms with Crippen LogP contribution in [0.2, 0.25) is 0 Å². The van der Waals surface area contributed by atoms with Crippen LogP contribution in [-0.4, -0.2) is 33.9 Å². The van der Waals surface area contributed by atoms with Crippen molar-refractivity contribution in [1.29, 1.82) is 0 Å². The smallest absolute Gasteiger partial charge is 0.257 e. The zero-order valence-electron chi connectivity index (χ0n) is 11.7. The van der Waals surface area contributed by atoms with Crippen molar-refractivity contribution in [2.75, 3.05) is 13.2 Å². The molecule has 0 aliphatic carbocycles. The first-order chi connectivity index (χ1) is 10.8. The lowest BCUT2D eigenvalue weighted by molar-refractivity contribution is -0.0294. The van der Waals surface area contributed by atoms with Crippen molar-refractivity contribution in [3.05, 3.63) is 65.5 Å². The van der Waals surface area contributed by atoms with E-state index in [2.05, 4.69) is 9.97 Å². The number of hydrogen-bond acceptors (Lipinski definition) is 3. The second-order valence-corrected chi connectivity index (χ2v) is 5.60. The molecule has 1 fully saturated rings. The number of benzene rings is 2. The number of aromatic nitrogens is 2. The maximum Gasteiger partial charge on any atom is 0.257 e. The van der Waals surface area contributed by atoms with Gasteiger partial charge in [0.05, 0.1) is 24.0 Å². The number of hydrogen-bond donors (Lipinski definition) is 1. The summed E-state index contributed by atoms with van der Waals surface area (Å²) in [5.74, 6) is 0.0284. The lowest BCUT2D eigenvalue weighted by Gasteiger charge is -2.32. The van der Waals surface area contributed by atoms with Gasteiger partial charge >= 0.3 is 0 Å². The van der Waals surface area contributed by atoms with Crippen LogP contribution in [-0.2, 0) is 10.5 Å². The van der Waals surface area contributed by atoms with Gasteiger partial charge in [0.1, 0.15) is 0 Å². The normalized spacial score (nSPS) is 23.1. The highest BCUT2D eigenvalue weighted by atomic mass is 16.5. The standard InChI is InChI=1S/C17H13N3O2/c21-16-11-4-1-2-5-12(11)17(20(16)8-9-22-17)13-6-3-7-14-15(13)19-10-18-14/h1-7,10H,8-9H2,(H,18,19). The molecule has 1 atom stereocenters. The number of carbonyl (C=O) groups is 1. The maximum absolute atomic E-state index is 12.7. The van der Waals surface area contributed by atoms with Crippen molar-refractivity contribution in [2.24, 2.45) is 0 Å². The maximum atomic E-state index is 12.7. The Kier molecular flexibility index (Phi) is 2.15. The summed E-state index contributed by atoms with van der Waals surface area (Å²) in [4.78, 5) is 22.1. The predicted molar refractivity (Wildman–Crippen MR) is 80.3 cm³/mol. The number of H-pyrrole nitrogens is 1. The zero-order valence-corrected chi connectivity index (χ0v) is 11.7. The number of carbonyl (C=O) groups excluding carboxylic acids is 1. The second kappa shape index (κ2) is 3.96. The molecule has 5 heteroatoms. The fraction of sp³-hybridized carbons (Fsp3) is 0.176. The molecule has 0 saturated carbocycles. The van der Waals surface area contributed by atoms with Gasteiger partial charge in [0.25, 0.3) is 5.91 Å². The van der Waals surface area contributed by atoms with Gasteiger partial charge in [-0.2, -0.15) is 0 Å². The Bertz CT molecular complexity index is 917. The van der Waals surface area contributed by atoms with E-state index in [9.17, 15) is 4.79 Å². The number of nitrogens with zero attached hydrogens (tertiary/aromatic N) is 2. The van der Waals surface area contributed by atoms with E-state index in [1.807, 2.05) is 47.4 Å². The third kappa shape index (κ3) is 1.23. The van der Waals surface area contributed by atoms with Gasteiger partial charge in [0, 0.05) is 23.2 Å². The zero-order chi connectivity index (χ0) is 14.7. The van der Waals surface area contributed by atoms with Crippen molar-refractivity contribution in [3.8, 4) is 0 Å². The van der Waals surface area contributed by atoms with Crippen molar-refractivity contribution in [1.82, 2.24) is 14.9 Å². The van der Waals surface area contributed by atoms with E-state index in [-0.39, 0.29) is 5.91 Å². The van der Waals surface area contributed by atoms with E-state index >= 15 is 0 Å². The summed E-state index contributed by atoms with van der Waals surface area (Å²) >= 11 is 0. The first-order valence-electron chi connectivity index (χ1n) is 7.30. The summed E-state index contributed by atoms with van der Waals surface area (Å²) < 4.78 is 6.18. The Morgan fingerprint density at radius 1 is 1.14 bits per heavy atom. The van der Waals surface area contributed by atoms with Gasteiger partial charge in [0.15, 0.2) is 5.72 Å². The minimum Gasteiger partial charge on any atom is -0.345 e. The Balaban J connectivity index is 1.89. The number of ether oxygens (including phenoxy) is 1. The molecule has 1 aromatic heterocycles. The van der Waals surface area contributed by atoms with Gasteiger partial charge in [0.2, 0.25) is 0 Å². The summed E-state index contributed by atoms with van der Waals surface area (Å²) in [5.41, 5.74) is 3.49. The average Bonchev–Trinajstić information content (AvgIpc) is 3.24. The van der Waals surface area contributed by atoms with Gasteiger partial charge in [-0.05, 0) is 12.1 Å². The Morgan fingerprint density at radius 3 is 2.95 bits per heavy atom. The number of nitrogens with one attached hydrogen (secondary N) is 1. The van der Waals surface area contributed by atoms with Crippen LogP contribution in [0.4, 0.5) is 0 Å². The first kappa shape index (κ1) is 11.9. The lowest BCUT2D eigenvalue weighted by Crippen LogP contribution is -2.40. The molecule has 0 spiro atoms. The van der Waals surface area contributed by atoms with Crippen LogP contribution >= 0.6 is 0 Å². The van der Waals surface area contributed by atoms with E-state index in [1.54, 1.807) is 6.33 Å². The van der Waals surface area contributed by atoms with Crippen LogP contribution < -0.4 is 0 Å². The minimum atomic E-state index is -0.845. The molecule has 2 aromatic carbocycles. The van der Waals surface area contributed by atoms with E-state index in [0.29, 0.717) is 13.2 Å². The van der Waals surface area contributed by atoms with Crippen molar-refractivity contribution < 1.29 is 9.53 Å². The summed E-state index contributed by atoms with van der Waals surface area (Å²) in [6.45, 7) is 1.12. The largest absolute Gasteiger partial charge is 0.345 e. The molecular weight excluding hydrogens is 278 g/mol. The number of imidazole rings is 1. The Hall–Kier alpha value is -2.66. The molecule has 1 saturated heterocycles. The fourth-order valence-electron chi connectivity index (χ4n) is 3.71. The molecule has 5 rings (SSSR count). The molecule has 5 nitrogen and oxygen atoms in total. The molecule has 3 heterocycles. The third-order valence-corrected chi connectivity index (χ3v) is 4.59. The molecule has 0 bridgehead atoms. The molecule has 0 radical (unpaired) electrons. The Labute approximate surface area is 126 Å². The monoisotopic (exact) mass is 291 g/mol. The summed E-state index contributed by atoms with van der Waals surface area (Å²) in [6.07, 6.45) is 1.67. The van der Waals surface area contributed by atoms with Gasteiger partial charge in [-0.1, -0.05) is 30.3 Å². The van der Waals surface area contributed by atoms with Crippen LogP contribution in [0.3, 0.4) is 0 Å². The summed E-state index contributed by atoms with van der Waals surface area (Å²) in [7, 11) is 0. The highest BCUT2D eigenvalue weighted by Gasteiger charge is 2.55. The number of para-hydroxylation sites is 1. The topological polar surface area (TPSA) is 58.2 Å². The molecule has 2 aliphatic rings. The van der Waals surface area contributed by atoms with Crippen molar-refractivity contribution in [2.45, 2.75) is 5.72 Å². The number of aromatic amines is 1. The molecule has 3 aromatic rings. The molecule has 108 valence electrons. The summed E-state index contributed by atoms with van der Waals surface area (Å²) in [5, 5.41) is 0. The minimum absolute atomic E-state index is 0.0284. The van der Waals surface area contributed by atoms with Gasteiger partial charge in [-0.15, -0.1) is 0 Å². The van der Waals surface area contributed by atoms with Crippen LogP contribution in [0, 0.1) is 0 Å². The SMILES string of the molecule is O=C1c2ccccc2C2(c3cccc4[nH]cnc34)OCCN12. The molecule has 1 N–H and O–H groups in total.